The predicted molar refractivity (Wildman–Crippen MR) is 62.5 cm³/mol. The lowest BCUT2D eigenvalue weighted by Crippen LogP contribution is -2.04. The first kappa shape index (κ1) is 13.6. The Bertz CT molecular complexity index is 383. The number of aliphatic carboxylic acids is 1. The van der Waals surface area contributed by atoms with E-state index in [1.54, 1.807) is 6.08 Å². The van der Waals surface area contributed by atoms with E-state index in [1.165, 1.54) is 0 Å². The molecule has 0 heterocycles. The van der Waals surface area contributed by atoms with Gasteiger partial charge in [0.05, 0.1) is 0 Å². The molecule has 0 atom stereocenters. The lowest BCUT2D eigenvalue weighted by Gasteiger charge is -1.87. The van der Waals surface area contributed by atoms with Crippen LogP contribution in [-0.2, 0) is 9.59 Å². The van der Waals surface area contributed by atoms with Gasteiger partial charge in [-0.15, -0.1) is 0 Å². The number of carbonyl (C=O) groups is 2. The Kier molecular flexibility index (Phi) is 6.81. The Labute approximate surface area is 93.7 Å². The van der Waals surface area contributed by atoms with Crippen LogP contribution in [0.3, 0.4) is 0 Å². The van der Waals surface area contributed by atoms with E-state index < -0.39 is 11.9 Å². The Balaban J connectivity index is 0.000000385. The molecular formula is C12H13NO3. The van der Waals surface area contributed by atoms with Crippen LogP contribution in [0.4, 0.5) is 0 Å². The molecule has 0 unspecified atom stereocenters. The largest absolute Gasteiger partial charge is 0.478 e. The predicted octanol–water partition coefficient (Wildman–Crippen LogP) is 1.44. The van der Waals surface area contributed by atoms with E-state index in [2.05, 4.69) is 12.3 Å². The Morgan fingerprint density at radius 1 is 1.25 bits per heavy atom. The van der Waals surface area contributed by atoms with Crippen LogP contribution in [0.25, 0.3) is 6.08 Å². The van der Waals surface area contributed by atoms with Crippen molar-refractivity contribution in [2.75, 3.05) is 0 Å². The highest BCUT2D eigenvalue weighted by molar-refractivity contribution is 5.85. The van der Waals surface area contributed by atoms with Crippen LogP contribution in [0.5, 0.6) is 0 Å². The van der Waals surface area contributed by atoms with Crippen molar-refractivity contribution in [1.82, 2.24) is 0 Å². The van der Waals surface area contributed by atoms with Crippen LogP contribution in [0, 0.1) is 0 Å². The lowest BCUT2D eigenvalue weighted by molar-refractivity contribution is -0.131. The summed E-state index contributed by atoms with van der Waals surface area (Å²) in [6.45, 7) is 3.09. The lowest BCUT2D eigenvalue weighted by atomic mass is 10.2. The summed E-state index contributed by atoms with van der Waals surface area (Å²) in [7, 11) is 0. The minimum atomic E-state index is -0.922. The highest BCUT2D eigenvalue weighted by Crippen LogP contribution is 1.99. The fraction of sp³-hybridized carbons (Fsp3) is 0. The summed E-state index contributed by atoms with van der Waals surface area (Å²) < 4.78 is 0. The molecule has 1 aromatic carbocycles. The standard InChI is InChI=1S/C9H8O2.C3H5NO/c10-9(11)7-6-8-4-2-1-3-5-8;1-2-3(4)5/h1-7H,(H,10,11);2H,1H2,(H2,4,5). The number of hydrogen-bond donors (Lipinski definition) is 2. The van der Waals surface area contributed by atoms with Crippen LogP contribution in [-0.4, -0.2) is 17.0 Å². The molecule has 84 valence electrons. The molecule has 0 spiro atoms. The van der Waals surface area contributed by atoms with Crippen molar-refractivity contribution in [2.45, 2.75) is 0 Å². The van der Waals surface area contributed by atoms with Crippen molar-refractivity contribution < 1.29 is 14.7 Å². The maximum Gasteiger partial charge on any atom is 0.328 e. The van der Waals surface area contributed by atoms with Gasteiger partial charge in [-0.1, -0.05) is 36.9 Å². The Morgan fingerprint density at radius 3 is 2.12 bits per heavy atom. The first-order valence-electron chi connectivity index (χ1n) is 4.44. The molecule has 1 rings (SSSR count). The van der Waals surface area contributed by atoms with E-state index >= 15 is 0 Å². The van der Waals surface area contributed by atoms with Gasteiger partial charge in [-0.3, -0.25) is 4.79 Å². The molecule has 16 heavy (non-hydrogen) atoms. The van der Waals surface area contributed by atoms with Gasteiger partial charge in [0.1, 0.15) is 0 Å². The maximum atomic E-state index is 10.1. The highest BCUT2D eigenvalue weighted by Gasteiger charge is 1.85. The number of benzene rings is 1. The zero-order chi connectivity index (χ0) is 12.4. The molecule has 1 amide bonds. The first-order valence-corrected chi connectivity index (χ1v) is 4.44. The Morgan fingerprint density at radius 2 is 1.75 bits per heavy atom. The second-order valence-corrected chi connectivity index (χ2v) is 2.69. The van der Waals surface area contributed by atoms with E-state index in [0.717, 1.165) is 17.7 Å². The van der Waals surface area contributed by atoms with Crippen LogP contribution >= 0.6 is 0 Å². The van der Waals surface area contributed by atoms with Crippen molar-refractivity contribution in [2.24, 2.45) is 5.73 Å². The first-order chi connectivity index (χ1) is 7.56. The summed E-state index contributed by atoms with van der Waals surface area (Å²) in [5, 5.41) is 8.29. The quantitative estimate of drug-likeness (QED) is 0.755. The van der Waals surface area contributed by atoms with E-state index in [1.807, 2.05) is 30.3 Å². The summed E-state index contributed by atoms with van der Waals surface area (Å²) in [6, 6.07) is 9.31. The summed E-state index contributed by atoms with van der Waals surface area (Å²) in [5.74, 6) is -1.40. The summed E-state index contributed by atoms with van der Waals surface area (Å²) in [5.41, 5.74) is 5.43. The van der Waals surface area contributed by atoms with Crippen molar-refractivity contribution in [1.29, 1.82) is 0 Å². The number of carboxylic acid groups (broad SMARTS) is 1. The second-order valence-electron chi connectivity index (χ2n) is 2.69. The summed E-state index contributed by atoms with van der Waals surface area (Å²) in [6.07, 6.45) is 3.73. The van der Waals surface area contributed by atoms with Crippen molar-refractivity contribution in [3.63, 3.8) is 0 Å². The smallest absolute Gasteiger partial charge is 0.328 e. The van der Waals surface area contributed by atoms with Crippen LogP contribution in [0.15, 0.2) is 49.1 Å². The van der Waals surface area contributed by atoms with Crippen LogP contribution < -0.4 is 5.73 Å². The average Bonchev–Trinajstić information content (AvgIpc) is 2.28. The fourth-order valence-corrected chi connectivity index (χ4v) is 0.732. The van der Waals surface area contributed by atoms with Gasteiger partial charge < -0.3 is 10.8 Å². The molecule has 0 aliphatic carbocycles. The van der Waals surface area contributed by atoms with E-state index in [9.17, 15) is 9.59 Å². The van der Waals surface area contributed by atoms with E-state index in [0.29, 0.717) is 0 Å². The molecule has 0 saturated carbocycles. The molecular weight excluding hydrogens is 206 g/mol. The van der Waals surface area contributed by atoms with E-state index in [-0.39, 0.29) is 0 Å². The minimum absolute atomic E-state index is 0.481. The number of nitrogens with two attached hydrogens (primary N) is 1. The zero-order valence-corrected chi connectivity index (χ0v) is 8.67. The van der Waals surface area contributed by atoms with Gasteiger partial charge in [0.2, 0.25) is 5.91 Å². The number of carbonyl (C=O) groups excluding carboxylic acids is 1. The molecule has 0 aliphatic rings. The van der Waals surface area contributed by atoms with Gasteiger partial charge in [0, 0.05) is 6.08 Å². The topological polar surface area (TPSA) is 80.4 Å². The van der Waals surface area contributed by atoms with Crippen LogP contribution in [0.1, 0.15) is 5.56 Å². The fourth-order valence-electron chi connectivity index (χ4n) is 0.732. The van der Waals surface area contributed by atoms with Gasteiger partial charge in [0.25, 0.3) is 0 Å². The molecule has 3 N–H and O–H groups in total. The van der Waals surface area contributed by atoms with Crippen molar-refractivity contribution in [3.8, 4) is 0 Å². The highest BCUT2D eigenvalue weighted by atomic mass is 16.4. The Hall–Kier alpha value is -2.36. The summed E-state index contributed by atoms with van der Waals surface area (Å²) in [4.78, 5) is 19.6. The number of amides is 1. The van der Waals surface area contributed by atoms with Gasteiger partial charge in [0.15, 0.2) is 0 Å². The number of rotatable bonds is 3. The minimum Gasteiger partial charge on any atom is -0.478 e. The molecule has 0 aromatic heterocycles. The van der Waals surface area contributed by atoms with Gasteiger partial charge >= 0.3 is 5.97 Å². The van der Waals surface area contributed by atoms with Crippen LogP contribution in [0.2, 0.25) is 0 Å². The molecule has 0 bridgehead atoms. The third kappa shape index (κ3) is 8.25. The van der Waals surface area contributed by atoms with E-state index in [4.69, 9.17) is 5.11 Å². The maximum absolute atomic E-state index is 10.1. The van der Waals surface area contributed by atoms with Gasteiger partial charge in [-0.2, -0.15) is 0 Å². The molecule has 0 radical (unpaired) electrons. The summed E-state index contributed by atoms with van der Waals surface area (Å²) >= 11 is 0. The van der Waals surface area contributed by atoms with Crippen molar-refractivity contribution >= 4 is 18.0 Å². The van der Waals surface area contributed by atoms with Crippen molar-refractivity contribution in [3.05, 3.63) is 54.6 Å². The third-order valence-electron chi connectivity index (χ3n) is 1.42. The zero-order valence-electron chi connectivity index (χ0n) is 8.67. The second kappa shape index (κ2) is 7.99. The number of carboxylic acids is 1. The SMILES string of the molecule is C=CC(N)=O.O=C(O)C=Cc1ccccc1. The number of primary amides is 1. The average molecular weight is 219 g/mol. The molecule has 1 aromatic rings. The van der Waals surface area contributed by atoms with Gasteiger partial charge in [-0.25, -0.2) is 4.79 Å². The molecule has 4 heteroatoms. The normalized spacial score (nSPS) is 9.00. The molecule has 4 nitrogen and oxygen atoms in total. The molecule has 0 saturated heterocycles. The molecule has 0 fully saturated rings. The monoisotopic (exact) mass is 219 g/mol. The third-order valence-corrected chi connectivity index (χ3v) is 1.42. The molecule has 0 aliphatic heterocycles. The number of hydrogen-bond acceptors (Lipinski definition) is 2. The van der Waals surface area contributed by atoms with Gasteiger partial charge in [-0.05, 0) is 17.7 Å².